The highest BCUT2D eigenvalue weighted by Crippen LogP contribution is 2.28. The molecule has 7 nitrogen and oxygen atoms in total. The second kappa shape index (κ2) is 8.36. The number of hydrogen-bond acceptors (Lipinski definition) is 3. The first kappa shape index (κ1) is 17.8. The molecular formula is C18H29N5O2. The van der Waals surface area contributed by atoms with Gasteiger partial charge in [0.05, 0.1) is 12.1 Å². The Bertz CT molecular complexity index is 566. The molecule has 0 bridgehead atoms. The largest absolute Gasteiger partial charge is 0.359 e. The maximum atomic E-state index is 12.7. The number of nitrogens with zero attached hydrogens (tertiary/aromatic N) is 3. The van der Waals surface area contributed by atoms with Crippen molar-refractivity contribution in [3.05, 3.63) is 18.5 Å². The van der Waals surface area contributed by atoms with E-state index >= 15 is 0 Å². The second-order valence-electron chi connectivity index (χ2n) is 7.20. The smallest absolute Gasteiger partial charge is 0.317 e. The molecule has 2 atom stereocenters. The minimum atomic E-state index is 0.0300. The Morgan fingerprint density at radius 1 is 1.16 bits per heavy atom. The van der Waals surface area contributed by atoms with Crippen molar-refractivity contribution in [2.45, 2.75) is 57.0 Å². The first-order valence-electron chi connectivity index (χ1n) is 9.42. The number of carbonyl (C=O) groups excluding carboxylic acids is 2. The zero-order valence-electron chi connectivity index (χ0n) is 15.0. The van der Waals surface area contributed by atoms with Gasteiger partial charge >= 0.3 is 6.03 Å². The number of piperidine rings is 1. The van der Waals surface area contributed by atoms with Crippen molar-refractivity contribution in [2.24, 2.45) is 5.92 Å². The SMILES string of the molecule is CNC(=O)CC1CCN(C(=O)N[C@H]2CCCC[C@H]2n2cccn2)CC1. The van der Waals surface area contributed by atoms with E-state index in [-0.39, 0.29) is 24.0 Å². The monoisotopic (exact) mass is 347 g/mol. The van der Waals surface area contributed by atoms with Crippen LogP contribution in [-0.4, -0.2) is 52.8 Å². The van der Waals surface area contributed by atoms with Crippen LogP contribution in [-0.2, 0) is 4.79 Å². The maximum Gasteiger partial charge on any atom is 0.317 e. The summed E-state index contributed by atoms with van der Waals surface area (Å²) in [6, 6.07) is 2.36. The summed E-state index contributed by atoms with van der Waals surface area (Å²) in [6.45, 7) is 1.46. The Balaban J connectivity index is 1.51. The molecule has 2 N–H and O–H groups in total. The molecule has 1 aliphatic carbocycles. The average molecular weight is 347 g/mol. The van der Waals surface area contributed by atoms with E-state index in [0.717, 1.165) is 45.2 Å². The van der Waals surface area contributed by atoms with E-state index in [4.69, 9.17) is 0 Å². The van der Waals surface area contributed by atoms with Gasteiger partial charge in [0.1, 0.15) is 0 Å². The van der Waals surface area contributed by atoms with Crippen LogP contribution in [0.5, 0.6) is 0 Å². The molecule has 0 unspecified atom stereocenters. The fourth-order valence-electron chi connectivity index (χ4n) is 4.03. The summed E-state index contributed by atoms with van der Waals surface area (Å²) in [5.41, 5.74) is 0. The Hall–Kier alpha value is -2.05. The molecule has 1 aliphatic heterocycles. The lowest BCUT2D eigenvalue weighted by atomic mass is 9.90. The zero-order chi connectivity index (χ0) is 17.6. The zero-order valence-corrected chi connectivity index (χ0v) is 15.0. The third kappa shape index (κ3) is 4.52. The van der Waals surface area contributed by atoms with Gasteiger partial charge in [-0.15, -0.1) is 0 Å². The van der Waals surface area contributed by atoms with E-state index in [0.29, 0.717) is 12.3 Å². The van der Waals surface area contributed by atoms with Crippen molar-refractivity contribution in [3.8, 4) is 0 Å². The van der Waals surface area contributed by atoms with Crippen LogP contribution in [0.3, 0.4) is 0 Å². The van der Waals surface area contributed by atoms with Crippen molar-refractivity contribution < 1.29 is 9.59 Å². The topological polar surface area (TPSA) is 79.3 Å². The van der Waals surface area contributed by atoms with E-state index in [2.05, 4.69) is 15.7 Å². The van der Waals surface area contributed by atoms with Gasteiger partial charge in [-0.1, -0.05) is 12.8 Å². The highest BCUT2D eigenvalue weighted by molar-refractivity contribution is 5.76. The third-order valence-electron chi connectivity index (χ3n) is 5.56. The molecule has 2 aliphatic rings. The third-order valence-corrected chi connectivity index (χ3v) is 5.56. The average Bonchev–Trinajstić information content (AvgIpc) is 3.17. The number of urea groups is 1. The quantitative estimate of drug-likeness (QED) is 0.873. The van der Waals surface area contributed by atoms with Gasteiger partial charge in [-0.05, 0) is 37.7 Å². The second-order valence-corrected chi connectivity index (χ2v) is 7.20. The molecule has 0 spiro atoms. The lowest BCUT2D eigenvalue weighted by molar-refractivity contribution is -0.121. The van der Waals surface area contributed by atoms with Crippen LogP contribution >= 0.6 is 0 Å². The normalized spacial score (nSPS) is 24.8. The lowest BCUT2D eigenvalue weighted by Gasteiger charge is -2.36. The van der Waals surface area contributed by atoms with Crippen LogP contribution in [0.25, 0.3) is 0 Å². The minimum absolute atomic E-state index is 0.0300. The summed E-state index contributed by atoms with van der Waals surface area (Å²) in [5.74, 6) is 0.475. The summed E-state index contributed by atoms with van der Waals surface area (Å²) in [7, 11) is 1.67. The molecule has 7 heteroatoms. The van der Waals surface area contributed by atoms with Crippen LogP contribution in [0.1, 0.15) is 51.0 Å². The highest BCUT2D eigenvalue weighted by atomic mass is 16.2. The number of rotatable bonds is 4. The van der Waals surface area contributed by atoms with Crippen LogP contribution in [0.15, 0.2) is 18.5 Å². The number of carbonyl (C=O) groups is 2. The Morgan fingerprint density at radius 2 is 1.92 bits per heavy atom. The Morgan fingerprint density at radius 3 is 2.60 bits per heavy atom. The van der Waals surface area contributed by atoms with E-state index in [1.165, 1.54) is 6.42 Å². The van der Waals surface area contributed by atoms with Gasteiger partial charge in [-0.25, -0.2) is 4.79 Å². The van der Waals surface area contributed by atoms with Crippen LogP contribution in [0.2, 0.25) is 0 Å². The lowest BCUT2D eigenvalue weighted by Crippen LogP contribution is -2.51. The Labute approximate surface area is 149 Å². The Kier molecular flexibility index (Phi) is 5.94. The predicted molar refractivity (Wildman–Crippen MR) is 95.0 cm³/mol. The van der Waals surface area contributed by atoms with Crippen molar-refractivity contribution >= 4 is 11.9 Å². The highest BCUT2D eigenvalue weighted by Gasteiger charge is 2.31. The summed E-state index contributed by atoms with van der Waals surface area (Å²) in [4.78, 5) is 26.1. The molecule has 138 valence electrons. The molecule has 2 heterocycles. The first-order chi connectivity index (χ1) is 12.2. The van der Waals surface area contributed by atoms with Crippen LogP contribution in [0, 0.1) is 5.92 Å². The van der Waals surface area contributed by atoms with Gasteiger partial charge in [0, 0.05) is 39.0 Å². The molecule has 1 aromatic rings. The molecule has 3 rings (SSSR count). The molecule has 0 aromatic carbocycles. The standard InChI is InChI=1S/C18H29N5O2/c1-19-17(24)13-14-7-11-22(12-8-14)18(25)21-15-5-2-3-6-16(15)23-10-4-9-20-23/h4,9-10,14-16H,2-3,5-8,11-13H2,1H3,(H,19,24)(H,21,25)/t15-,16+/m0/s1. The first-order valence-corrected chi connectivity index (χ1v) is 9.42. The molecule has 2 fully saturated rings. The summed E-state index contributed by atoms with van der Waals surface area (Å²) >= 11 is 0. The summed E-state index contributed by atoms with van der Waals surface area (Å²) < 4.78 is 1.99. The molecular weight excluding hydrogens is 318 g/mol. The van der Waals surface area contributed by atoms with Crippen molar-refractivity contribution in [1.82, 2.24) is 25.3 Å². The van der Waals surface area contributed by atoms with Crippen LogP contribution in [0.4, 0.5) is 4.79 Å². The van der Waals surface area contributed by atoms with E-state index in [1.54, 1.807) is 13.2 Å². The number of likely N-dealkylation sites (tertiary alicyclic amines) is 1. The molecule has 0 radical (unpaired) electrons. The fraction of sp³-hybridized carbons (Fsp3) is 0.722. The summed E-state index contributed by atoms with van der Waals surface area (Å²) in [5, 5.41) is 10.3. The molecule has 1 saturated heterocycles. The maximum absolute atomic E-state index is 12.7. The molecule has 1 saturated carbocycles. The minimum Gasteiger partial charge on any atom is -0.359 e. The fourth-order valence-corrected chi connectivity index (χ4v) is 4.03. The number of hydrogen-bond donors (Lipinski definition) is 2. The number of nitrogens with one attached hydrogen (secondary N) is 2. The van der Waals surface area contributed by atoms with Crippen molar-refractivity contribution in [3.63, 3.8) is 0 Å². The van der Waals surface area contributed by atoms with E-state index in [1.807, 2.05) is 21.8 Å². The van der Waals surface area contributed by atoms with E-state index < -0.39 is 0 Å². The number of amides is 3. The summed E-state index contributed by atoms with van der Waals surface area (Å²) in [6.07, 6.45) is 10.5. The van der Waals surface area contributed by atoms with Gasteiger partial charge < -0.3 is 15.5 Å². The van der Waals surface area contributed by atoms with Gasteiger partial charge in [0.25, 0.3) is 0 Å². The van der Waals surface area contributed by atoms with Gasteiger partial charge in [-0.3, -0.25) is 9.48 Å². The molecule has 1 aromatic heterocycles. The van der Waals surface area contributed by atoms with Crippen molar-refractivity contribution in [2.75, 3.05) is 20.1 Å². The van der Waals surface area contributed by atoms with E-state index in [9.17, 15) is 9.59 Å². The van der Waals surface area contributed by atoms with Gasteiger partial charge in [0.15, 0.2) is 0 Å². The predicted octanol–water partition coefficient (Wildman–Crippen LogP) is 1.92. The van der Waals surface area contributed by atoms with Crippen molar-refractivity contribution in [1.29, 1.82) is 0 Å². The number of aromatic nitrogens is 2. The van der Waals surface area contributed by atoms with Gasteiger partial charge in [-0.2, -0.15) is 5.10 Å². The van der Waals surface area contributed by atoms with Crippen LogP contribution < -0.4 is 10.6 Å². The molecule has 3 amide bonds. The molecule has 25 heavy (non-hydrogen) atoms. The van der Waals surface area contributed by atoms with Gasteiger partial charge in [0.2, 0.25) is 5.91 Å².